The third kappa shape index (κ3) is 4.15. The van der Waals surface area contributed by atoms with E-state index in [1.807, 2.05) is 0 Å². The molecule has 0 spiro atoms. The molecule has 1 aromatic carbocycles. The van der Waals surface area contributed by atoms with Gasteiger partial charge in [0.05, 0.1) is 11.3 Å². The molecule has 0 unspecified atom stereocenters. The van der Waals surface area contributed by atoms with Gasteiger partial charge in [0, 0.05) is 20.2 Å². The molecule has 0 atom stereocenters. The zero-order valence-corrected chi connectivity index (χ0v) is 10.2. The number of carbonyl (C=O) groups is 2. The summed E-state index contributed by atoms with van der Waals surface area (Å²) in [4.78, 5) is 23.2. The van der Waals surface area contributed by atoms with Crippen molar-refractivity contribution in [3.63, 3.8) is 0 Å². The maximum absolute atomic E-state index is 11.8. The average molecular weight is 251 g/mol. The molecule has 0 aliphatic rings. The van der Waals surface area contributed by atoms with Gasteiger partial charge in [0.15, 0.2) is 0 Å². The molecule has 0 aliphatic carbocycles. The van der Waals surface area contributed by atoms with Crippen LogP contribution in [0.2, 0.25) is 0 Å². The number of carbonyl (C=O) groups excluding carboxylic acids is 2. The minimum atomic E-state index is -0.309. The third-order valence-electron chi connectivity index (χ3n) is 2.15. The van der Waals surface area contributed by atoms with E-state index in [0.717, 1.165) is 0 Å². The molecular formula is C12H17N3O3. The zero-order valence-electron chi connectivity index (χ0n) is 10.2. The summed E-state index contributed by atoms with van der Waals surface area (Å²) in [6.45, 7) is 0.696. The number of ether oxygens (including phenoxy) is 1. The second-order valence-corrected chi connectivity index (χ2v) is 3.57. The minimum absolute atomic E-state index is 0.0568. The minimum Gasteiger partial charge on any atom is -0.375 e. The number of methoxy groups -OCH3 is 1. The Morgan fingerprint density at radius 1 is 1.33 bits per heavy atom. The van der Waals surface area contributed by atoms with Gasteiger partial charge in [0.25, 0.3) is 5.91 Å². The smallest absolute Gasteiger partial charge is 0.253 e. The lowest BCUT2D eigenvalue weighted by atomic mass is 10.1. The van der Waals surface area contributed by atoms with Crippen LogP contribution in [0.3, 0.4) is 0 Å². The fourth-order valence-electron chi connectivity index (χ4n) is 1.39. The summed E-state index contributed by atoms with van der Waals surface area (Å²) in [5.41, 5.74) is 6.16. The Labute approximate surface area is 105 Å². The van der Waals surface area contributed by atoms with Crippen LogP contribution in [0.5, 0.6) is 0 Å². The molecule has 98 valence electrons. The summed E-state index contributed by atoms with van der Waals surface area (Å²) >= 11 is 0. The maximum atomic E-state index is 11.8. The van der Waals surface area contributed by atoms with Crippen molar-refractivity contribution in [2.24, 2.45) is 5.73 Å². The number of hydrogen-bond donors (Lipinski definition) is 3. The first-order chi connectivity index (χ1) is 8.69. The van der Waals surface area contributed by atoms with Crippen LogP contribution < -0.4 is 16.4 Å². The molecule has 6 nitrogen and oxygen atoms in total. The van der Waals surface area contributed by atoms with Crippen molar-refractivity contribution in [1.29, 1.82) is 0 Å². The molecule has 0 aromatic heterocycles. The highest BCUT2D eigenvalue weighted by molar-refractivity contribution is 6.03. The first-order valence-corrected chi connectivity index (χ1v) is 5.55. The highest BCUT2D eigenvalue weighted by atomic mass is 16.5. The van der Waals surface area contributed by atoms with E-state index in [0.29, 0.717) is 24.3 Å². The van der Waals surface area contributed by atoms with Gasteiger partial charge in [0.2, 0.25) is 5.91 Å². The molecule has 0 saturated carbocycles. The summed E-state index contributed by atoms with van der Waals surface area (Å²) in [5, 5.41) is 5.26. The summed E-state index contributed by atoms with van der Waals surface area (Å²) in [6.07, 6.45) is 0. The van der Waals surface area contributed by atoms with Crippen LogP contribution in [-0.4, -0.2) is 38.6 Å². The quantitative estimate of drug-likeness (QED) is 0.661. The van der Waals surface area contributed by atoms with Gasteiger partial charge < -0.3 is 21.1 Å². The van der Waals surface area contributed by atoms with E-state index in [1.165, 1.54) is 7.11 Å². The van der Waals surface area contributed by atoms with E-state index >= 15 is 0 Å². The van der Waals surface area contributed by atoms with Crippen molar-refractivity contribution in [2.75, 3.05) is 32.1 Å². The number of rotatable bonds is 6. The van der Waals surface area contributed by atoms with E-state index in [2.05, 4.69) is 10.6 Å². The van der Waals surface area contributed by atoms with Crippen LogP contribution in [0.1, 0.15) is 10.4 Å². The SMILES string of the molecule is COCC(=O)Nc1ccccc1C(=O)NCCN. The maximum Gasteiger partial charge on any atom is 0.253 e. The van der Waals surface area contributed by atoms with Crippen LogP contribution in [-0.2, 0) is 9.53 Å². The van der Waals surface area contributed by atoms with Crippen LogP contribution in [0, 0.1) is 0 Å². The first-order valence-electron chi connectivity index (χ1n) is 5.55. The average Bonchev–Trinajstić information content (AvgIpc) is 2.37. The monoisotopic (exact) mass is 251 g/mol. The molecule has 0 heterocycles. The summed E-state index contributed by atoms with van der Waals surface area (Å²) in [6, 6.07) is 6.75. The molecule has 0 saturated heterocycles. The summed E-state index contributed by atoms with van der Waals surface area (Å²) in [7, 11) is 1.43. The van der Waals surface area contributed by atoms with Crippen molar-refractivity contribution in [3.8, 4) is 0 Å². The van der Waals surface area contributed by atoms with E-state index in [1.54, 1.807) is 24.3 Å². The van der Waals surface area contributed by atoms with Gasteiger partial charge in [-0.2, -0.15) is 0 Å². The molecule has 4 N–H and O–H groups in total. The molecule has 1 aromatic rings. The van der Waals surface area contributed by atoms with Crippen LogP contribution in [0.15, 0.2) is 24.3 Å². The van der Waals surface area contributed by atoms with E-state index in [9.17, 15) is 9.59 Å². The molecule has 1 rings (SSSR count). The Balaban J connectivity index is 2.79. The zero-order chi connectivity index (χ0) is 13.4. The predicted molar refractivity (Wildman–Crippen MR) is 68.3 cm³/mol. The highest BCUT2D eigenvalue weighted by Gasteiger charge is 2.12. The molecule has 18 heavy (non-hydrogen) atoms. The number of hydrogen-bond acceptors (Lipinski definition) is 4. The van der Waals surface area contributed by atoms with Gasteiger partial charge in [-0.05, 0) is 12.1 Å². The van der Waals surface area contributed by atoms with Crippen molar-refractivity contribution >= 4 is 17.5 Å². The van der Waals surface area contributed by atoms with E-state index in [-0.39, 0.29) is 18.4 Å². The lowest BCUT2D eigenvalue weighted by molar-refractivity contribution is -0.119. The Kier molecular flexibility index (Phi) is 5.83. The largest absolute Gasteiger partial charge is 0.375 e. The fourth-order valence-corrected chi connectivity index (χ4v) is 1.39. The van der Waals surface area contributed by atoms with Gasteiger partial charge in [-0.25, -0.2) is 0 Å². The molecule has 2 amide bonds. The topological polar surface area (TPSA) is 93.4 Å². The number of nitrogens with one attached hydrogen (secondary N) is 2. The fraction of sp³-hybridized carbons (Fsp3) is 0.333. The third-order valence-corrected chi connectivity index (χ3v) is 2.15. The number of para-hydroxylation sites is 1. The molecule has 0 bridgehead atoms. The van der Waals surface area contributed by atoms with Crippen molar-refractivity contribution in [3.05, 3.63) is 29.8 Å². The van der Waals surface area contributed by atoms with E-state index in [4.69, 9.17) is 10.5 Å². The molecule has 0 aliphatic heterocycles. The van der Waals surface area contributed by atoms with Gasteiger partial charge >= 0.3 is 0 Å². The highest BCUT2D eigenvalue weighted by Crippen LogP contribution is 2.14. The number of nitrogens with two attached hydrogens (primary N) is 1. The van der Waals surface area contributed by atoms with Crippen LogP contribution in [0.25, 0.3) is 0 Å². The molecular weight excluding hydrogens is 234 g/mol. The predicted octanol–water partition coefficient (Wildman–Crippen LogP) is -0.0400. The number of benzene rings is 1. The second-order valence-electron chi connectivity index (χ2n) is 3.57. The Bertz CT molecular complexity index is 421. The lowest BCUT2D eigenvalue weighted by Gasteiger charge is -2.10. The van der Waals surface area contributed by atoms with Gasteiger partial charge in [0.1, 0.15) is 6.61 Å². The van der Waals surface area contributed by atoms with E-state index < -0.39 is 0 Å². The Morgan fingerprint density at radius 2 is 2.06 bits per heavy atom. The Morgan fingerprint density at radius 3 is 2.72 bits per heavy atom. The summed E-state index contributed by atoms with van der Waals surface area (Å²) in [5.74, 6) is -0.578. The molecule has 6 heteroatoms. The van der Waals surface area contributed by atoms with Crippen LogP contribution >= 0.6 is 0 Å². The van der Waals surface area contributed by atoms with Gasteiger partial charge in [-0.15, -0.1) is 0 Å². The number of anilines is 1. The normalized spacial score (nSPS) is 9.89. The lowest BCUT2D eigenvalue weighted by Crippen LogP contribution is -2.30. The standard InChI is InChI=1S/C12H17N3O3/c1-18-8-11(16)15-10-5-3-2-4-9(10)12(17)14-7-6-13/h2-5H,6-8,13H2,1H3,(H,14,17)(H,15,16). The first kappa shape index (κ1) is 14.1. The van der Waals surface area contributed by atoms with Gasteiger partial charge in [-0.3, -0.25) is 9.59 Å². The van der Waals surface area contributed by atoms with Crippen LogP contribution in [0.4, 0.5) is 5.69 Å². The Hall–Kier alpha value is -1.92. The number of amides is 2. The van der Waals surface area contributed by atoms with Crippen molar-refractivity contribution < 1.29 is 14.3 Å². The van der Waals surface area contributed by atoms with Crippen molar-refractivity contribution in [2.45, 2.75) is 0 Å². The molecule has 0 fully saturated rings. The van der Waals surface area contributed by atoms with Gasteiger partial charge in [-0.1, -0.05) is 12.1 Å². The summed E-state index contributed by atoms with van der Waals surface area (Å²) < 4.78 is 4.71. The molecule has 0 radical (unpaired) electrons. The second kappa shape index (κ2) is 7.41. The van der Waals surface area contributed by atoms with Crippen molar-refractivity contribution in [1.82, 2.24) is 5.32 Å².